The van der Waals surface area contributed by atoms with E-state index in [1.165, 1.54) is 42.7 Å². The molecule has 0 bridgehead atoms. The van der Waals surface area contributed by atoms with E-state index >= 15 is 0 Å². The van der Waals surface area contributed by atoms with Crippen molar-refractivity contribution in [3.8, 4) is 22.6 Å². The van der Waals surface area contributed by atoms with E-state index in [1.54, 1.807) is 0 Å². The average molecular weight is 597 g/mol. The molecule has 5 aromatic heterocycles. The van der Waals surface area contributed by atoms with Crippen LogP contribution in [0.15, 0.2) is 91.4 Å². The van der Waals surface area contributed by atoms with Gasteiger partial charge in [0, 0.05) is 50.7 Å². The zero-order chi connectivity index (χ0) is 30.2. The van der Waals surface area contributed by atoms with E-state index in [0.29, 0.717) is 0 Å². The van der Waals surface area contributed by atoms with Crippen molar-refractivity contribution in [2.75, 3.05) is 0 Å². The van der Waals surface area contributed by atoms with Crippen LogP contribution in [0.25, 0.3) is 54.0 Å². The van der Waals surface area contributed by atoms with Crippen molar-refractivity contribution in [3.05, 3.63) is 103 Å². The van der Waals surface area contributed by atoms with E-state index in [1.807, 2.05) is 35.9 Å². The number of thiophene rings is 1. The van der Waals surface area contributed by atoms with Crippen molar-refractivity contribution in [3.63, 3.8) is 0 Å². The third-order valence-electron chi connectivity index (χ3n) is 10.3. The van der Waals surface area contributed by atoms with Gasteiger partial charge in [-0.05, 0) is 67.2 Å². The van der Waals surface area contributed by atoms with Gasteiger partial charge >= 0.3 is 5.65 Å². The fourth-order valence-corrected chi connectivity index (χ4v) is 9.01. The number of aromatic nitrogens is 6. The minimum Gasteiger partial charge on any atom is -0.246 e. The average Bonchev–Trinajstić information content (AvgIpc) is 3.64. The van der Waals surface area contributed by atoms with Crippen molar-refractivity contribution in [2.24, 2.45) is 7.05 Å². The van der Waals surface area contributed by atoms with Crippen molar-refractivity contribution < 1.29 is 9.13 Å². The molecule has 0 saturated heterocycles. The topological polar surface area (TPSA) is 51.4 Å². The predicted molar refractivity (Wildman–Crippen MR) is 178 cm³/mol. The van der Waals surface area contributed by atoms with Gasteiger partial charge in [-0.15, -0.1) is 11.3 Å². The molecule has 1 aliphatic heterocycles. The molecule has 2 unspecified atom stereocenters. The van der Waals surface area contributed by atoms with Gasteiger partial charge in [0.2, 0.25) is 5.69 Å². The molecular formula is C37H36N6S+2. The molecule has 218 valence electrons. The molecule has 0 radical (unpaired) electrons. The van der Waals surface area contributed by atoms with Crippen molar-refractivity contribution in [1.29, 1.82) is 0 Å². The highest BCUT2D eigenvalue weighted by Crippen LogP contribution is 2.49. The molecule has 0 amide bonds. The largest absolute Gasteiger partial charge is 0.349 e. The summed E-state index contributed by atoms with van der Waals surface area (Å²) in [6, 6.07) is 26.3. The Labute approximate surface area is 261 Å². The van der Waals surface area contributed by atoms with Crippen LogP contribution in [0.2, 0.25) is 0 Å². The van der Waals surface area contributed by atoms with E-state index in [-0.39, 0.29) is 11.1 Å². The monoisotopic (exact) mass is 596 g/mol. The summed E-state index contributed by atoms with van der Waals surface area (Å²) in [5.74, 6) is 0. The smallest absolute Gasteiger partial charge is 0.246 e. The van der Waals surface area contributed by atoms with E-state index in [4.69, 9.17) is 15.1 Å². The van der Waals surface area contributed by atoms with Gasteiger partial charge in [-0.2, -0.15) is 9.67 Å². The summed E-state index contributed by atoms with van der Waals surface area (Å²) >= 11 is 1.86. The van der Waals surface area contributed by atoms with Crippen molar-refractivity contribution in [2.45, 2.75) is 58.0 Å². The lowest BCUT2D eigenvalue weighted by Gasteiger charge is -2.47. The molecule has 6 heterocycles. The zero-order valence-electron chi connectivity index (χ0n) is 25.9. The summed E-state index contributed by atoms with van der Waals surface area (Å²) in [4.78, 5) is 9.68. The van der Waals surface area contributed by atoms with E-state index in [0.717, 1.165) is 41.8 Å². The van der Waals surface area contributed by atoms with Gasteiger partial charge in [0.25, 0.3) is 0 Å². The lowest BCUT2D eigenvalue weighted by atomic mass is 9.68. The number of rotatable bonds is 5. The van der Waals surface area contributed by atoms with Gasteiger partial charge in [-0.1, -0.05) is 38.1 Å². The number of pyridine rings is 2. The minimum absolute atomic E-state index is 0.265. The molecule has 0 spiro atoms. The van der Waals surface area contributed by atoms with Gasteiger partial charge < -0.3 is 0 Å². The van der Waals surface area contributed by atoms with Gasteiger partial charge in [0.1, 0.15) is 17.4 Å². The molecule has 1 aliphatic rings. The molecule has 7 heteroatoms. The Kier molecular flexibility index (Phi) is 6.01. The van der Waals surface area contributed by atoms with Gasteiger partial charge in [-0.3, -0.25) is 0 Å². The van der Waals surface area contributed by atoms with Gasteiger partial charge in [0.15, 0.2) is 22.9 Å². The molecule has 7 aromatic rings. The Morgan fingerprint density at radius 1 is 0.886 bits per heavy atom. The summed E-state index contributed by atoms with van der Waals surface area (Å²) < 4.78 is 9.71. The molecule has 2 aromatic carbocycles. The highest BCUT2D eigenvalue weighted by Gasteiger charge is 2.60. The maximum absolute atomic E-state index is 5.15. The maximum Gasteiger partial charge on any atom is 0.349 e. The summed E-state index contributed by atoms with van der Waals surface area (Å²) in [7, 11) is 2.12. The number of benzene rings is 2. The maximum atomic E-state index is 5.15. The van der Waals surface area contributed by atoms with E-state index in [9.17, 15) is 0 Å². The SMILES string of the molecule is CCC1(C)n2nc(C)cc2-c2cccc[n+]2C1(CC)Cc1ccc2sc3ccccc3c2c1-c1cnc2cccnc2[n+]1C. The second kappa shape index (κ2) is 9.76. The number of aryl methyl sites for hydroxylation is 2. The number of nitrogens with zero attached hydrogens (tertiary/aromatic N) is 6. The van der Waals surface area contributed by atoms with Crippen LogP contribution in [0.3, 0.4) is 0 Å². The molecule has 0 saturated carbocycles. The Balaban J connectivity index is 1.46. The molecule has 2 atom stereocenters. The quantitative estimate of drug-likeness (QED) is 0.194. The van der Waals surface area contributed by atoms with Crippen LogP contribution in [-0.4, -0.2) is 19.7 Å². The summed E-state index contributed by atoms with van der Waals surface area (Å²) in [6.45, 7) is 9.18. The molecule has 6 nitrogen and oxygen atoms in total. The van der Waals surface area contributed by atoms with Crippen molar-refractivity contribution in [1.82, 2.24) is 19.7 Å². The minimum atomic E-state index is -0.279. The third kappa shape index (κ3) is 3.56. The first-order chi connectivity index (χ1) is 21.4. The van der Waals surface area contributed by atoms with E-state index < -0.39 is 0 Å². The summed E-state index contributed by atoms with van der Waals surface area (Å²) in [5, 5.41) is 7.74. The Hall–Kier alpha value is -4.49. The standard InChI is InChI=1S/C37H36N6S/c1-6-36(4)37(7-2,42-20-11-10-15-28(42)29-21-24(3)40-43(29)36)22-25-17-18-32-34(26-13-8-9-16-31(26)44-32)33(25)30-23-39-27-14-12-19-38-35(27)41(30)5/h8-21,23H,6-7,22H2,1-5H3/q+2. The summed E-state index contributed by atoms with van der Waals surface area (Å²) in [6.07, 6.45) is 8.92. The Morgan fingerprint density at radius 3 is 2.57 bits per heavy atom. The fourth-order valence-electron chi connectivity index (χ4n) is 7.90. The molecule has 0 fully saturated rings. The Morgan fingerprint density at radius 2 is 1.73 bits per heavy atom. The highest BCUT2D eigenvalue weighted by atomic mass is 32.1. The van der Waals surface area contributed by atoms with Crippen LogP contribution in [0.4, 0.5) is 0 Å². The normalized spacial score (nSPS) is 19.5. The molecule has 44 heavy (non-hydrogen) atoms. The molecule has 8 rings (SSSR count). The predicted octanol–water partition coefficient (Wildman–Crippen LogP) is 7.44. The van der Waals surface area contributed by atoms with Crippen LogP contribution in [-0.2, 0) is 24.5 Å². The Bertz CT molecular complexity index is 2250. The van der Waals surface area contributed by atoms with Gasteiger partial charge in [0.05, 0.1) is 18.9 Å². The van der Waals surface area contributed by atoms with Crippen LogP contribution >= 0.6 is 11.3 Å². The van der Waals surface area contributed by atoms with Crippen LogP contribution in [0.1, 0.15) is 44.9 Å². The second-order valence-corrected chi connectivity index (χ2v) is 13.4. The van der Waals surface area contributed by atoms with Crippen LogP contribution < -0.4 is 9.13 Å². The fraction of sp³-hybridized carbons (Fsp3) is 0.270. The summed E-state index contributed by atoms with van der Waals surface area (Å²) in [5.41, 5.74) is 8.32. The lowest BCUT2D eigenvalue weighted by Crippen LogP contribution is -2.72. The highest BCUT2D eigenvalue weighted by molar-refractivity contribution is 7.25. The molecule has 0 N–H and O–H groups in total. The second-order valence-electron chi connectivity index (χ2n) is 12.3. The molecular weight excluding hydrogens is 561 g/mol. The zero-order valence-corrected chi connectivity index (χ0v) is 26.7. The lowest BCUT2D eigenvalue weighted by molar-refractivity contribution is -0.773. The van der Waals surface area contributed by atoms with Crippen LogP contribution in [0.5, 0.6) is 0 Å². The first kappa shape index (κ1) is 27.1. The van der Waals surface area contributed by atoms with Crippen molar-refractivity contribution >= 4 is 42.7 Å². The number of hydrogen-bond donors (Lipinski definition) is 0. The number of fused-ring (bicyclic) bond motifs is 7. The first-order valence-corrected chi connectivity index (χ1v) is 16.3. The third-order valence-corrected chi connectivity index (χ3v) is 11.4. The first-order valence-electron chi connectivity index (χ1n) is 15.5. The van der Waals surface area contributed by atoms with E-state index in [2.05, 4.69) is 115 Å². The molecule has 0 aliphatic carbocycles. The number of hydrogen-bond acceptors (Lipinski definition) is 4. The van der Waals surface area contributed by atoms with Gasteiger partial charge in [-0.25, -0.2) is 14.2 Å². The van der Waals surface area contributed by atoms with Crippen LogP contribution in [0, 0.1) is 6.92 Å².